The van der Waals surface area contributed by atoms with Gasteiger partial charge in [-0.3, -0.25) is 4.79 Å². The maximum atomic E-state index is 12.9. The second kappa shape index (κ2) is 6.47. The van der Waals surface area contributed by atoms with Gasteiger partial charge in [-0.2, -0.15) is 0 Å². The monoisotopic (exact) mass is 381 g/mol. The summed E-state index contributed by atoms with van der Waals surface area (Å²) in [5.41, 5.74) is -4.29. The fourth-order valence-corrected chi connectivity index (χ4v) is 3.79. The molecule has 1 aliphatic carbocycles. The minimum absolute atomic E-state index is 0.0832. The molecule has 0 spiro atoms. The van der Waals surface area contributed by atoms with Crippen molar-refractivity contribution in [3.8, 4) is 5.75 Å². The fourth-order valence-electron chi connectivity index (χ4n) is 3.79. The standard InChI is InChI=1S/C21H19NO6/c1-13-17(19(24)28-12-11-27-14-7-3-2-4-8-14)20(25)18(23)15-9-5-6-10-16(15)21(20,26)22-13/h2-10,22,25-26H,11-12H2,1H3/t20-,21+/m0/s1. The van der Waals surface area contributed by atoms with Crippen LogP contribution in [0.2, 0.25) is 0 Å². The number of Topliss-reactive ketones (excluding diaryl/α,β-unsaturated/α-hetero) is 1. The van der Waals surface area contributed by atoms with E-state index in [-0.39, 0.29) is 35.6 Å². The number of carbonyl (C=O) groups is 2. The lowest BCUT2D eigenvalue weighted by Gasteiger charge is -2.31. The SMILES string of the molecule is CC1=C(C(=O)OCCOc2ccccc2)[C@]2(O)C(=O)c3ccccc3[C@]2(O)N1. The number of benzene rings is 2. The molecular weight excluding hydrogens is 362 g/mol. The number of ether oxygens (including phenoxy) is 2. The van der Waals surface area contributed by atoms with Crippen LogP contribution in [0.4, 0.5) is 0 Å². The molecule has 0 aromatic heterocycles. The number of ketones is 1. The summed E-state index contributed by atoms with van der Waals surface area (Å²) in [4.78, 5) is 25.5. The first-order valence-electron chi connectivity index (χ1n) is 8.83. The van der Waals surface area contributed by atoms with Crippen molar-refractivity contribution in [2.24, 2.45) is 0 Å². The predicted octanol–water partition coefficient (Wildman–Crippen LogP) is 1.26. The fraction of sp³-hybridized carbons (Fsp3) is 0.238. The Balaban J connectivity index is 1.51. The molecular formula is C21H19NO6. The molecule has 3 N–H and O–H groups in total. The molecule has 2 aromatic rings. The number of rotatable bonds is 5. The van der Waals surface area contributed by atoms with E-state index in [1.807, 2.05) is 18.2 Å². The lowest BCUT2D eigenvalue weighted by atomic mass is 9.85. The zero-order valence-corrected chi connectivity index (χ0v) is 15.1. The lowest BCUT2D eigenvalue weighted by Crippen LogP contribution is -2.56. The van der Waals surface area contributed by atoms with Gasteiger partial charge in [0.15, 0.2) is 0 Å². The van der Waals surface area contributed by atoms with Crippen LogP contribution >= 0.6 is 0 Å². The van der Waals surface area contributed by atoms with Gasteiger partial charge in [-0.25, -0.2) is 4.79 Å². The highest BCUT2D eigenvalue weighted by Gasteiger charge is 2.70. The highest BCUT2D eigenvalue weighted by atomic mass is 16.6. The molecule has 7 nitrogen and oxygen atoms in total. The molecule has 0 saturated heterocycles. The number of nitrogens with one attached hydrogen (secondary N) is 1. The number of fused-ring (bicyclic) bond motifs is 3. The summed E-state index contributed by atoms with van der Waals surface area (Å²) in [5.74, 6) is -1.01. The molecule has 2 atom stereocenters. The van der Waals surface area contributed by atoms with Crippen LogP contribution in [0.5, 0.6) is 5.75 Å². The Morgan fingerprint density at radius 1 is 1.04 bits per heavy atom. The van der Waals surface area contributed by atoms with Crippen molar-refractivity contribution in [3.63, 3.8) is 0 Å². The molecule has 0 amide bonds. The number of hydrogen-bond donors (Lipinski definition) is 3. The molecule has 0 saturated carbocycles. The zero-order valence-electron chi connectivity index (χ0n) is 15.1. The molecule has 4 rings (SSSR count). The van der Waals surface area contributed by atoms with E-state index in [1.165, 1.54) is 19.1 Å². The van der Waals surface area contributed by atoms with Crippen LogP contribution in [0, 0.1) is 0 Å². The van der Waals surface area contributed by atoms with Crippen LogP contribution in [0.25, 0.3) is 0 Å². The quantitative estimate of drug-likeness (QED) is 0.529. The molecule has 7 heteroatoms. The zero-order chi connectivity index (χ0) is 19.9. The molecule has 1 heterocycles. The van der Waals surface area contributed by atoms with Gasteiger partial charge in [0.05, 0.1) is 0 Å². The van der Waals surface area contributed by atoms with Crippen LogP contribution < -0.4 is 10.1 Å². The van der Waals surface area contributed by atoms with E-state index in [0.717, 1.165) is 0 Å². The summed E-state index contributed by atoms with van der Waals surface area (Å²) >= 11 is 0. The number of carbonyl (C=O) groups excluding carboxylic acids is 2. The third-order valence-corrected chi connectivity index (χ3v) is 5.05. The minimum atomic E-state index is -2.45. The normalized spacial score (nSPS) is 25.2. The van der Waals surface area contributed by atoms with Crippen molar-refractivity contribution in [3.05, 3.63) is 77.0 Å². The Hall–Kier alpha value is -3.16. The van der Waals surface area contributed by atoms with Gasteiger partial charge in [0.25, 0.3) is 0 Å². The summed E-state index contributed by atoms with van der Waals surface area (Å²) in [6, 6.07) is 15.3. The number of hydrogen-bond acceptors (Lipinski definition) is 7. The van der Waals surface area contributed by atoms with E-state index < -0.39 is 23.1 Å². The Morgan fingerprint density at radius 3 is 2.46 bits per heavy atom. The molecule has 28 heavy (non-hydrogen) atoms. The molecule has 0 fully saturated rings. The van der Waals surface area contributed by atoms with Crippen molar-refractivity contribution in [2.75, 3.05) is 13.2 Å². The van der Waals surface area contributed by atoms with Crippen molar-refractivity contribution >= 4 is 11.8 Å². The summed E-state index contributed by atoms with van der Waals surface area (Å²) in [5, 5.41) is 24.9. The van der Waals surface area contributed by atoms with Crippen LogP contribution in [0.15, 0.2) is 65.9 Å². The van der Waals surface area contributed by atoms with Crippen molar-refractivity contribution in [1.29, 1.82) is 0 Å². The van der Waals surface area contributed by atoms with Gasteiger partial charge in [-0.15, -0.1) is 0 Å². The minimum Gasteiger partial charge on any atom is -0.490 e. The van der Waals surface area contributed by atoms with E-state index in [1.54, 1.807) is 24.3 Å². The average molecular weight is 381 g/mol. The molecule has 0 bridgehead atoms. The number of aliphatic hydroxyl groups is 2. The average Bonchev–Trinajstić information content (AvgIpc) is 3.01. The number of allylic oxidation sites excluding steroid dienone is 1. The van der Waals surface area contributed by atoms with Gasteiger partial charge in [0.1, 0.15) is 24.5 Å². The molecule has 1 aliphatic heterocycles. The third-order valence-electron chi connectivity index (χ3n) is 5.05. The van der Waals surface area contributed by atoms with Crippen LogP contribution in [0.1, 0.15) is 22.8 Å². The van der Waals surface area contributed by atoms with Gasteiger partial charge in [0, 0.05) is 16.8 Å². The summed E-state index contributed by atoms with van der Waals surface area (Å²) in [7, 11) is 0. The first-order valence-corrected chi connectivity index (χ1v) is 8.83. The first kappa shape index (κ1) is 18.2. The first-order chi connectivity index (χ1) is 13.4. The Kier molecular flexibility index (Phi) is 4.21. The van der Waals surface area contributed by atoms with Crippen LogP contribution in [0.3, 0.4) is 0 Å². The van der Waals surface area contributed by atoms with Crippen molar-refractivity contribution < 1.29 is 29.3 Å². The van der Waals surface area contributed by atoms with Crippen LogP contribution in [-0.2, 0) is 15.3 Å². The van der Waals surface area contributed by atoms with E-state index in [4.69, 9.17) is 9.47 Å². The van der Waals surface area contributed by atoms with E-state index >= 15 is 0 Å². The second-order valence-corrected chi connectivity index (χ2v) is 6.72. The largest absolute Gasteiger partial charge is 0.490 e. The number of esters is 1. The van der Waals surface area contributed by atoms with Crippen molar-refractivity contribution in [2.45, 2.75) is 18.2 Å². The Morgan fingerprint density at radius 2 is 1.71 bits per heavy atom. The Bertz CT molecular complexity index is 985. The van der Waals surface area contributed by atoms with Gasteiger partial charge in [-0.1, -0.05) is 42.5 Å². The summed E-state index contributed by atoms with van der Waals surface area (Å²) < 4.78 is 10.7. The van der Waals surface area contributed by atoms with Crippen molar-refractivity contribution in [1.82, 2.24) is 5.32 Å². The Labute approximate surface area is 161 Å². The van der Waals surface area contributed by atoms with Gasteiger partial charge in [0.2, 0.25) is 17.1 Å². The summed E-state index contributed by atoms with van der Waals surface area (Å²) in [6.07, 6.45) is 0. The van der Waals surface area contributed by atoms with Gasteiger partial charge >= 0.3 is 5.97 Å². The maximum absolute atomic E-state index is 12.9. The predicted molar refractivity (Wildman–Crippen MR) is 98.4 cm³/mol. The van der Waals surface area contributed by atoms with Gasteiger partial charge in [-0.05, 0) is 19.1 Å². The maximum Gasteiger partial charge on any atom is 0.339 e. The smallest absolute Gasteiger partial charge is 0.339 e. The molecule has 144 valence electrons. The topological polar surface area (TPSA) is 105 Å². The van der Waals surface area contributed by atoms with Crippen LogP contribution in [-0.4, -0.2) is 40.8 Å². The number of para-hydroxylation sites is 1. The molecule has 0 unspecified atom stereocenters. The van der Waals surface area contributed by atoms with E-state index in [2.05, 4.69) is 5.32 Å². The van der Waals surface area contributed by atoms with Gasteiger partial charge < -0.3 is 25.0 Å². The highest BCUT2D eigenvalue weighted by molar-refractivity contribution is 6.16. The lowest BCUT2D eigenvalue weighted by molar-refractivity contribution is -0.147. The van der Waals surface area contributed by atoms with E-state index in [0.29, 0.717) is 5.75 Å². The molecule has 0 radical (unpaired) electrons. The third kappa shape index (κ3) is 2.44. The molecule has 2 aromatic carbocycles. The highest BCUT2D eigenvalue weighted by Crippen LogP contribution is 2.51. The second-order valence-electron chi connectivity index (χ2n) is 6.72. The van der Waals surface area contributed by atoms with E-state index in [9.17, 15) is 19.8 Å². The summed E-state index contributed by atoms with van der Waals surface area (Å²) in [6.45, 7) is 1.52. The molecule has 2 aliphatic rings.